The molecule has 3 N–H and O–H groups in total. The largest absolute Gasteiger partial charge is 0.504 e. The van der Waals surface area contributed by atoms with Crippen LogP contribution in [0.2, 0.25) is 0 Å². The number of hydrogen-bond acceptors (Lipinski definition) is 12. The van der Waals surface area contributed by atoms with Crippen LogP contribution in [0.4, 0.5) is 26.3 Å². The van der Waals surface area contributed by atoms with Crippen LogP contribution in [0, 0.1) is 27.7 Å². The highest BCUT2D eigenvalue weighted by Crippen LogP contribution is 2.42. The summed E-state index contributed by atoms with van der Waals surface area (Å²) in [5, 5.41) is 32.3. The van der Waals surface area contributed by atoms with Gasteiger partial charge in [-0.2, -0.15) is 26.3 Å². The van der Waals surface area contributed by atoms with Crippen LogP contribution < -0.4 is 30.9 Å². The maximum Gasteiger partial charge on any atom is 0.417 e. The maximum absolute atomic E-state index is 13.6. The summed E-state index contributed by atoms with van der Waals surface area (Å²) in [6.07, 6.45) is -1.04. The fourth-order valence-corrected chi connectivity index (χ4v) is 10.8. The maximum atomic E-state index is 13.6. The number of aromatic hydroxyl groups is 3. The van der Waals surface area contributed by atoms with E-state index >= 15 is 0 Å². The minimum absolute atomic E-state index is 0.0395. The summed E-state index contributed by atoms with van der Waals surface area (Å²) >= 11 is 0. The van der Waals surface area contributed by atoms with E-state index in [0.717, 1.165) is 44.3 Å². The Morgan fingerprint density at radius 1 is 0.385 bits per heavy atom. The van der Waals surface area contributed by atoms with Crippen LogP contribution >= 0.6 is 0 Å². The number of nitrogens with zero attached hydrogens (tertiary/aromatic N) is 6. The molecule has 0 fully saturated rings. The van der Waals surface area contributed by atoms with E-state index in [4.69, 9.17) is 24.2 Å². The van der Waals surface area contributed by atoms with Gasteiger partial charge in [-0.3, -0.25) is 28.1 Å². The van der Waals surface area contributed by atoms with Crippen molar-refractivity contribution in [2.24, 2.45) is 0 Å². The molecule has 0 bridgehead atoms. The van der Waals surface area contributed by atoms with Gasteiger partial charge in [0.2, 0.25) is 0 Å². The first-order valence-corrected chi connectivity index (χ1v) is 29.5. The zero-order chi connectivity index (χ0) is 68.8. The molecule has 0 aliphatic heterocycles. The summed E-state index contributed by atoms with van der Waals surface area (Å²) in [5.74, 6) is 1.56. The third kappa shape index (κ3) is 14.0. The van der Waals surface area contributed by atoms with Gasteiger partial charge in [-0.1, -0.05) is 103 Å². The van der Waals surface area contributed by atoms with Crippen molar-refractivity contribution in [3.05, 3.63) is 281 Å². The second-order valence-electron chi connectivity index (χ2n) is 21.8. The molecule has 96 heavy (non-hydrogen) atoms. The highest BCUT2D eigenvalue weighted by atomic mass is 19.4. The van der Waals surface area contributed by atoms with Crippen molar-refractivity contribution in [1.29, 1.82) is 0 Å². The lowest BCUT2D eigenvalue weighted by molar-refractivity contribution is -0.162. The van der Waals surface area contributed by atoms with Crippen molar-refractivity contribution >= 4 is 69.2 Å². The molecule has 3 heterocycles. The van der Waals surface area contributed by atoms with Crippen LogP contribution in [0.3, 0.4) is 0 Å². The minimum Gasteiger partial charge on any atom is -0.504 e. The molecular weight excluding hydrogens is 1240 g/mol. The Hall–Kier alpha value is -12.0. The fraction of sp³-hybridized carbons (Fsp3) is 0.120. The van der Waals surface area contributed by atoms with E-state index in [0.29, 0.717) is 56.1 Å². The fourth-order valence-electron chi connectivity index (χ4n) is 10.8. The predicted octanol–water partition coefficient (Wildman–Crippen LogP) is 16.1. The molecule has 0 aliphatic carbocycles. The summed E-state index contributed by atoms with van der Waals surface area (Å²) in [7, 11) is 4.35. The van der Waals surface area contributed by atoms with E-state index in [9.17, 15) is 56.0 Å². The number of rotatable bonds is 12. The number of para-hydroxylation sites is 7. The Bertz CT molecular complexity index is 5230. The van der Waals surface area contributed by atoms with Crippen LogP contribution in [0.1, 0.15) is 67.5 Å². The first kappa shape index (κ1) is 66.9. The Balaban J connectivity index is 0.000000157. The first-order chi connectivity index (χ1) is 45.9. The predicted molar refractivity (Wildman–Crippen MR) is 362 cm³/mol. The van der Waals surface area contributed by atoms with E-state index in [2.05, 4.69) is 4.98 Å². The van der Waals surface area contributed by atoms with E-state index in [1.807, 2.05) is 100 Å². The van der Waals surface area contributed by atoms with Gasteiger partial charge >= 0.3 is 12.4 Å². The summed E-state index contributed by atoms with van der Waals surface area (Å²) in [4.78, 5) is 54.0. The number of aryl methyl sites for hydroxylation is 4. The van der Waals surface area contributed by atoms with Gasteiger partial charge in [0.05, 0.1) is 82.2 Å². The number of aromatic nitrogens is 6. The molecule has 15 nitrogen and oxygen atoms in total. The Morgan fingerprint density at radius 3 is 1.18 bits per heavy atom. The Kier molecular flexibility index (Phi) is 19.6. The molecule has 21 heteroatoms. The summed E-state index contributed by atoms with van der Waals surface area (Å²) in [5.41, 5.74) is 3.10. The quantitative estimate of drug-likeness (QED) is 0.0982. The zero-order valence-electron chi connectivity index (χ0n) is 52.5. The van der Waals surface area contributed by atoms with Crippen LogP contribution in [-0.4, -0.2) is 65.3 Å². The van der Waals surface area contributed by atoms with Gasteiger partial charge in [-0.25, -0.2) is 15.0 Å². The molecule has 9 aromatic carbocycles. The molecule has 0 unspecified atom stereocenters. The van der Waals surface area contributed by atoms with Crippen LogP contribution in [0.15, 0.2) is 196 Å². The summed E-state index contributed by atoms with van der Waals surface area (Å²) < 4.78 is 99.9. The third-order valence-electron chi connectivity index (χ3n) is 15.5. The normalized spacial score (nSPS) is 11.7. The molecule has 0 amide bonds. The standard InChI is InChI=1S/C25H16F6N2O3.2C25H22N2O3/c1-36-20-8-4-5-14(22(20)34)9-12-21-32-19-7-3-2-6-16(19)23(35)33(21)15-10-11-17(24(26,27)28)18(13-15)25(29,30)31;1-16-8-6-9-17(2)23(16)27-22(26-20-12-5-4-11-19(20)25(27)29)15-14-18-10-7-13-21(30-3)24(18)28;1-16-11-12-17(2)21(15-16)27-23(26-20-9-5-4-8-19(20)25(27)29)14-13-18-7-6-10-22(30-3)24(18)28/h2-13,34H,1H3;2*4-15,28H,1-3H3/b12-9+;15-14+;14-13+. The van der Waals surface area contributed by atoms with E-state index < -0.39 is 34.7 Å². The molecule has 0 aliphatic rings. The van der Waals surface area contributed by atoms with Crippen molar-refractivity contribution < 1.29 is 55.9 Å². The molecule has 3 aromatic heterocycles. The number of halogens is 6. The second kappa shape index (κ2) is 28.1. The zero-order valence-corrected chi connectivity index (χ0v) is 52.5. The average Bonchev–Trinajstić information content (AvgIpc) is 0.774. The number of fused-ring (bicyclic) bond motifs is 3. The van der Waals surface area contributed by atoms with Crippen LogP contribution in [0.5, 0.6) is 34.5 Å². The molecule has 0 spiro atoms. The van der Waals surface area contributed by atoms with Crippen molar-refractivity contribution in [3.63, 3.8) is 0 Å². The molecule has 0 atom stereocenters. The van der Waals surface area contributed by atoms with Gasteiger partial charge in [0.1, 0.15) is 17.5 Å². The number of methoxy groups -OCH3 is 3. The van der Waals surface area contributed by atoms with Gasteiger partial charge in [0, 0.05) is 16.7 Å². The average molecular weight is 1300 g/mol. The smallest absolute Gasteiger partial charge is 0.417 e. The number of ether oxygens (including phenoxy) is 3. The van der Waals surface area contributed by atoms with E-state index in [1.165, 1.54) is 63.8 Å². The minimum atomic E-state index is -5.34. The molecule has 0 radical (unpaired) electrons. The van der Waals surface area contributed by atoms with E-state index in [1.54, 1.807) is 94.1 Å². The Labute approximate surface area is 544 Å². The molecular formula is C75H60F6N6O9. The third-order valence-corrected chi connectivity index (χ3v) is 15.5. The number of benzene rings is 9. The number of hydrogen-bond donors (Lipinski definition) is 3. The van der Waals surface area contributed by atoms with Crippen molar-refractivity contribution in [2.75, 3.05) is 21.3 Å². The molecule has 12 rings (SSSR count). The first-order valence-electron chi connectivity index (χ1n) is 29.5. The highest BCUT2D eigenvalue weighted by Gasteiger charge is 2.43. The van der Waals surface area contributed by atoms with Crippen molar-refractivity contribution in [3.8, 4) is 51.6 Å². The van der Waals surface area contributed by atoms with Gasteiger partial charge in [-0.15, -0.1) is 0 Å². The summed E-state index contributed by atoms with van der Waals surface area (Å²) in [6.45, 7) is 7.92. The van der Waals surface area contributed by atoms with Crippen molar-refractivity contribution in [2.45, 2.75) is 40.0 Å². The van der Waals surface area contributed by atoms with Crippen LogP contribution in [0.25, 0.3) is 86.2 Å². The molecule has 0 saturated heterocycles. The lowest BCUT2D eigenvalue weighted by atomic mass is 10.0. The number of phenols is 3. The van der Waals surface area contributed by atoms with Crippen molar-refractivity contribution in [1.82, 2.24) is 28.7 Å². The number of phenolic OH excluding ortho intramolecular Hbond substituents is 3. The highest BCUT2D eigenvalue weighted by molar-refractivity contribution is 5.84. The van der Waals surface area contributed by atoms with Crippen LogP contribution in [-0.2, 0) is 12.4 Å². The van der Waals surface area contributed by atoms with Gasteiger partial charge in [0.25, 0.3) is 16.7 Å². The topological polar surface area (TPSA) is 193 Å². The summed E-state index contributed by atoms with van der Waals surface area (Å²) in [6, 6.07) is 49.0. The molecule has 486 valence electrons. The van der Waals surface area contributed by atoms with Gasteiger partial charge < -0.3 is 29.5 Å². The molecule has 0 saturated carbocycles. The lowest BCUT2D eigenvalue weighted by Gasteiger charge is -2.18. The Morgan fingerprint density at radius 2 is 0.760 bits per heavy atom. The van der Waals surface area contributed by atoms with Gasteiger partial charge in [0.15, 0.2) is 34.5 Å². The SMILES string of the molecule is COc1cccc(/C=C/c2nc3ccccc3c(=O)n2-c2c(C)cccc2C)c1O.COc1cccc(/C=C/c2nc3ccccc3c(=O)n2-c2cc(C)ccc2C)c1O.COc1cccc(/C=C/c2nc3ccccc3c(=O)n2-c2ccc(C(F)(F)F)c(C(F)(F)F)c2)c1O. The van der Waals surface area contributed by atoms with Gasteiger partial charge in [-0.05, 0) is 165 Å². The lowest BCUT2D eigenvalue weighted by Crippen LogP contribution is -2.24. The van der Waals surface area contributed by atoms with E-state index in [-0.39, 0.29) is 68.5 Å². The monoisotopic (exact) mass is 1300 g/mol. The molecule has 12 aromatic rings. The second-order valence-corrected chi connectivity index (χ2v) is 21.8. The number of alkyl halides is 6.